The second kappa shape index (κ2) is 6.16. The molecule has 1 aromatic carbocycles. The van der Waals surface area contributed by atoms with Gasteiger partial charge in [-0.05, 0) is 31.2 Å². The number of hydrogen-bond acceptors (Lipinski definition) is 4. The molecule has 1 amide bonds. The largest absolute Gasteiger partial charge is 0.379 e. The topological polar surface area (TPSA) is 54.0 Å². The third kappa shape index (κ3) is 3.30. The Balaban J connectivity index is 1.93. The van der Waals surface area contributed by atoms with Gasteiger partial charge in [-0.1, -0.05) is 0 Å². The summed E-state index contributed by atoms with van der Waals surface area (Å²) in [4.78, 5) is 15.8. The van der Waals surface area contributed by atoms with E-state index in [9.17, 15) is 4.79 Å². The summed E-state index contributed by atoms with van der Waals surface area (Å²) < 4.78 is 0. The highest BCUT2D eigenvalue weighted by atomic mass is 32.1. The van der Waals surface area contributed by atoms with Gasteiger partial charge in [0, 0.05) is 29.4 Å². The third-order valence-electron chi connectivity index (χ3n) is 2.41. The number of aromatic nitrogens is 1. The van der Waals surface area contributed by atoms with Crippen LogP contribution in [0.3, 0.4) is 0 Å². The van der Waals surface area contributed by atoms with Crippen molar-refractivity contribution in [3.05, 3.63) is 46.4 Å². The Morgan fingerprint density at radius 2 is 2.11 bits per heavy atom. The molecule has 4 nitrogen and oxygen atoms in total. The van der Waals surface area contributed by atoms with Gasteiger partial charge in [0.25, 0.3) is 5.91 Å². The molecule has 2 rings (SSSR count). The number of thiazole rings is 1. The number of nitrogens with one attached hydrogen (secondary N) is 2. The fraction of sp³-hybridized carbons (Fsp3) is 0.231. The van der Waals surface area contributed by atoms with Gasteiger partial charge >= 0.3 is 0 Å². The van der Waals surface area contributed by atoms with E-state index in [4.69, 9.17) is 0 Å². The number of hydrogen-bond donors (Lipinski definition) is 2. The zero-order chi connectivity index (χ0) is 12.8. The molecule has 0 radical (unpaired) electrons. The molecule has 0 saturated heterocycles. The molecule has 2 aromatic rings. The highest BCUT2D eigenvalue weighted by Crippen LogP contribution is 2.12. The van der Waals surface area contributed by atoms with Crippen LogP contribution in [0.4, 0.5) is 5.69 Å². The number of nitrogens with zero attached hydrogens (tertiary/aromatic N) is 1. The molecule has 0 fully saturated rings. The second-order valence-corrected chi connectivity index (χ2v) is 4.70. The maximum absolute atomic E-state index is 11.6. The number of benzene rings is 1. The van der Waals surface area contributed by atoms with Gasteiger partial charge in [-0.2, -0.15) is 0 Å². The van der Waals surface area contributed by atoms with E-state index < -0.39 is 0 Å². The van der Waals surface area contributed by atoms with Gasteiger partial charge < -0.3 is 10.6 Å². The zero-order valence-corrected chi connectivity index (χ0v) is 11.0. The standard InChI is InChI=1S/C13H15N3OS/c1-2-14-13(17)10-3-5-11(6-4-10)16-9-12-15-7-8-18-12/h3-8,16H,2,9H2,1H3,(H,14,17). The molecule has 0 bridgehead atoms. The summed E-state index contributed by atoms with van der Waals surface area (Å²) in [5.41, 5.74) is 1.66. The summed E-state index contributed by atoms with van der Waals surface area (Å²) in [7, 11) is 0. The number of amides is 1. The number of anilines is 1. The van der Waals surface area contributed by atoms with Crippen molar-refractivity contribution in [2.24, 2.45) is 0 Å². The van der Waals surface area contributed by atoms with Gasteiger partial charge in [-0.15, -0.1) is 11.3 Å². The molecule has 94 valence electrons. The van der Waals surface area contributed by atoms with Crippen LogP contribution >= 0.6 is 11.3 Å². The van der Waals surface area contributed by atoms with Crippen molar-refractivity contribution in [2.45, 2.75) is 13.5 Å². The minimum Gasteiger partial charge on any atom is -0.379 e. The van der Waals surface area contributed by atoms with Gasteiger partial charge in [0.1, 0.15) is 5.01 Å². The Labute approximate surface area is 110 Å². The van der Waals surface area contributed by atoms with Gasteiger partial charge in [-0.3, -0.25) is 4.79 Å². The Kier molecular flexibility index (Phi) is 4.30. The fourth-order valence-corrected chi connectivity index (χ4v) is 2.08. The van der Waals surface area contributed by atoms with Crippen molar-refractivity contribution in [2.75, 3.05) is 11.9 Å². The van der Waals surface area contributed by atoms with Gasteiger partial charge in [-0.25, -0.2) is 4.98 Å². The molecule has 5 heteroatoms. The highest BCUT2D eigenvalue weighted by Gasteiger charge is 2.03. The monoisotopic (exact) mass is 261 g/mol. The first-order valence-electron chi connectivity index (χ1n) is 5.80. The summed E-state index contributed by atoms with van der Waals surface area (Å²) in [6, 6.07) is 7.43. The van der Waals surface area contributed by atoms with Crippen molar-refractivity contribution in [3.8, 4) is 0 Å². The molecule has 2 N–H and O–H groups in total. The van der Waals surface area contributed by atoms with E-state index in [1.807, 2.05) is 36.6 Å². The van der Waals surface area contributed by atoms with E-state index in [0.717, 1.165) is 10.7 Å². The normalized spacial score (nSPS) is 10.1. The van der Waals surface area contributed by atoms with Gasteiger partial charge in [0.2, 0.25) is 0 Å². The lowest BCUT2D eigenvalue weighted by Crippen LogP contribution is -2.22. The van der Waals surface area contributed by atoms with Crippen LogP contribution in [0.25, 0.3) is 0 Å². The van der Waals surface area contributed by atoms with Crippen LogP contribution in [0, 0.1) is 0 Å². The molecule has 0 unspecified atom stereocenters. The molecular weight excluding hydrogens is 246 g/mol. The Bertz CT molecular complexity index is 493. The molecule has 0 aliphatic carbocycles. The van der Waals surface area contributed by atoms with Gasteiger partial charge in [0.05, 0.1) is 6.54 Å². The second-order valence-electron chi connectivity index (χ2n) is 3.72. The molecule has 0 spiro atoms. The number of rotatable bonds is 5. The van der Waals surface area contributed by atoms with Gasteiger partial charge in [0.15, 0.2) is 0 Å². The van der Waals surface area contributed by atoms with Crippen molar-refractivity contribution in [1.82, 2.24) is 10.3 Å². The van der Waals surface area contributed by atoms with E-state index in [0.29, 0.717) is 18.7 Å². The van der Waals surface area contributed by atoms with Crippen LogP contribution in [-0.4, -0.2) is 17.4 Å². The van der Waals surface area contributed by atoms with E-state index in [-0.39, 0.29) is 5.91 Å². The minimum atomic E-state index is -0.0380. The van der Waals surface area contributed by atoms with E-state index in [2.05, 4.69) is 15.6 Å². The van der Waals surface area contributed by atoms with Crippen LogP contribution in [0.5, 0.6) is 0 Å². The molecular formula is C13H15N3OS. The van der Waals surface area contributed by atoms with Crippen LogP contribution in [-0.2, 0) is 6.54 Å². The van der Waals surface area contributed by atoms with E-state index in [1.54, 1.807) is 17.5 Å². The molecule has 1 aromatic heterocycles. The number of carbonyl (C=O) groups excluding carboxylic acids is 1. The molecule has 0 aliphatic rings. The quantitative estimate of drug-likeness (QED) is 0.869. The fourth-order valence-electron chi connectivity index (χ4n) is 1.52. The predicted octanol–water partition coefficient (Wildman–Crippen LogP) is 2.50. The van der Waals surface area contributed by atoms with Crippen molar-refractivity contribution in [3.63, 3.8) is 0 Å². The average molecular weight is 261 g/mol. The van der Waals surface area contributed by atoms with Crippen LogP contribution in [0.1, 0.15) is 22.3 Å². The lowest BCUT2D eigenvalue weighted by Gasteiger charge is -2.06. The summed E-state index contributed by atoms with van der Waals surface area (Å²) in [5, 5.41) is 9.03. The van der Waals surface area contributed by atoms with Crippen LogP contribution in [0.2, 0.25) is 0 Å². The van der Waals surface area contributed by atoms with E-state index in [1.165, 1.54) is 0 Å². The third-order valence-corrected chi connectivity index (χ3v) is 3.19. The molecule has 0 atom stereocenters. The van der Waals surface area contributed by atoms with Crippen molar-refractivity contribution >= 4 is 22.9 Å². The lowest BCUT2D eigenvalue weighted by molar-refractivity contribution is 0.0956. The van der Waals surface area contributed by atoms with Crippen molar-refractivity contribution < 1.29 is 4.79 Å². The Morgan fingerprint density at radius 3 is 2.72 bits per heavy atom. The molecule has 0 saturated carbocycles. The maximum Gasteiger partial charge on any atom is 0.251 e. The Morgan fingerprint density at radius 1 is 1.33 bits per heavy atom. The molecule has 18 heavy (non-hydrogen) atoms. The average Bonchev–Trinajstić information content (AvgIpc) is 2.90. The summed E-state index contributed by atoms with van der Waals surface area (Å²) in [6.45, 7) is 3.25. The first-order chi connectivity index (χ1) is 8.79. The summed E-state index contributed by atoms with van der Waals surface area (Å²) in [5.74, 6) is -0.0380. The maximum atomic E-state index is 11.6. The number of carbonyl (C=O) groups is 1. The first-order valence-corrected chi connectivity index (χ1v) is 6.68. The Hall–Kier alpha value is -1.88. The summed E-state index contributed by atoms with van der Waals surface area (Å²) in [6.07, 6.45) is 1.79. The predicted molar refractivity (Wildman–Crippen MR) is 73.9 cm³/mol. The SMILES string of the molecule is CCNC(=O)c1ccc(NCc2nccs2)cc1. The van der Waals surface area contributed by atoms with Crippen LogP contribution < -0.4 is 10.6 Å². The van der Waals surface area contributed by atoms with Crippen molar-refractivity contribution in [1.29, 1.82) is 0 Å². The summed E-state index contributed by atoms with van der Waals surface area (Å²) >= 11 is 1.62. The smallest absolute Gasteiger partial charge is 0.251 e. The molecule has 1 heterocycles. The first kappa shape index (κ1) is 12.6. The van der Waals surface area contributed by atoms with Crippen LogP contribution in [0.15, 0.2) is 35.8 Å². The minimum absolute atomic E-state index is 0.0380. The van der Waals surface area contributed by atoms with E-state index >= 15 is 0 Å². The molecule has 0 aliphatic heterocycles. The lowest BCUT2D eigenvalue weighted by atomic mass is 10.2. The zero-order valence-electron chi connectivity index (χ0n) is 10.1. The highest BCUT2D eigenvalue weighted by molar-refractivity contribution is 7.09.